The fourth-order valence-corrected chi connectivity index (χ4v) is 10.7. The van der Waals surface area contributed by atoms with Crippen LogP contribution in [0.25, 0.3) is 0 Å². The zero-order valence-corrected chi connectivity index (χ0v) is 25.4. The third-order valence-electron chi connectivity index (χ3n) is 7.57. The maximum absolute atomic E-state index is 7.08. The second-order valence-electron chi connectivity index (χ2n) is 12.3. The molecule has 0 bridgehead atoms. The lowest BCUT2D eigenvalue weighted by Crippen LogP contribution is -2.68. The molecule has 1 saturated carbocycles. The minimum Gasteiger partial charge on any atom is -0.333 e. The fourth-order valence-electron chi connectivity index (χ4n) is 5.47. The maximum atomic E-state index is 7.08. The second kappa shape index (κ2) is 11.3. The van der Waals surface area contributed by atoms with Gasteiger partial charge in [-0.25, -0.2) is 5.48 Å². The Labute approximate surface area is 230 Å². The Morgan fingerprint density at radius 3 is 1.84 bits per heavy atom. The van der Waals surface area contributed by atoms with Crippen molar-refractivity contribution in [3.63, 3.8) is 0 Å². The van der Waals surface area contributed by atoms with Crippen molar-refractivity contribution < 1.29 is 4.53 Å². The summed E-state index contributed by atoms with van der Waals surface area (Å²) in [6.07, 6.45) is 3.42. The molecular formula is C33H43NOSSi. The Balaban J connectivity index is 1.61. The first kappa shape index (κ1) is 27.9. The quantitative estimate of drug-likeness (QED) is 0.190. The predicted molar refractivity (Wildman–Crippen MR) is 163 cm³/mol. The first-order valence-corrected chi connectivity index (χ1v) is 16.3. The highest BCUT2D eigenvalue weighted by molar-refractivity contribution is 8.03. The van der Waals surface area contributed by atoms with Crippen LogP contribution in [0.3, 0.4) is 0 Å². The van der Waals surface area contributed by atoms with Gasteiger partial charge in [0.05, 0.1) is 6.04 Å². The number of rotatable bonds is 7. The van der Waals surface area contributed by atoms with E-state index >= 15 is 0 Å². The van der Waals surface area contributed by atoms with Gasteiger partial charge in [-0.1, -0.05) is 126 Å². The lowest BCUT2D eigenvalue weighted by molar-refractivity contribution is 0.155. The van der Waals surface area contributed by atoms with E-state index in [4.69, 9.17) is 4.53 Å². The number of hydroxylamine groups is 1. The fraction of sp³-hybridized carbons (Fsp3) is 0.394. The van der Waals surface area contributed by atoms with E-state index < -0.39 is 8.32 Å². The number of hydrogen-bond donors (Lipinski definition) is 1. The van der Waals surface area contributed by atoms with Gasteiger partial charge in [0.2, 0.25) is 0 Å². The molecule has 0 aromatic heterocycles. The van der Waals surface area contributed by atoms with E-state index in [2.05, 4.69) is 139 Å². The van der Waals surface area contributed by atoms with Crippen LogP contribution in [0.5, 0.6) is 0 Å². The molecule has 0 heterocycles. The molecule has 1 atom stereocenters. The number of allylic oxidation sites excluding steroid dienone is 1. The van der Waals surface area contributed by atoms with Gasteiger partial charge in [0.25, 0.3) is 8.32 Å². The van der Waals surface area contributed by atoms with E-state index in [0.717, 1.165) is 12.8 Å². The first-order valence-electron chi connectivity index (χ1n) is 13.5. The molecule has 4 heteroatoms. The summed E-state index contributed by atoms with van der Waals surface area (Å²) in [5, 5.41) is 2.55. The number of hydrogen-bond acceptors (Lipinski definition) is 3. The van der Waals surface area contributed by atoms with Gasteiger partial charge in [-0.15, -0.1) is 0 Å². The topological polar surface area (TPSA) is 21.3 Å². The van der Waals surface area contributed by atoms with Gasteiger partial charge in [0.1, 0.15) is 0 Å². The summed E-state index contributed by atoms with van der Waals surface area (Å²) in [4.78, 5) is 2.70. The molecule has 1 aliphatic carbocycles. The smallest absolute Gasteiger partial charge is 0.287 e. The molecule has 0 amide bonds. The third kappa shape index (κ3) is 6.14. The van der Waals surface area contributed by atoms with Crippen LogP contribution >= 0.6 is 11.8 Å². The lowest BCUT2D eigenvalue weighted by atomic mass is 9.87. The Morgan fingerprint density at radius 1 is 0.811 bits per heavy atom. The molecule has 3 aromatic rings. The molecule has 0 saturated heterocycles. The first-order chi connectivity index (χ1) is 17.5. The van der Waals surface area contributed by atoms with Gasteiger partial charge < -0.3 is 4.53 Å². The molecule has 37 heavy (non-hydrogen) atoms. The highest BCUT2D eigenvalue weighted by Crippen LogP contribution is 2.39. The van der Waals surface area contributed by atoms with E-state index in [1.165, 1.54) is 37.7 Å². The normalized spacial score (nSPS) is 18.2. The van der Waals surface area contributed by atoms with E-state index in [1.807, 2.05) is 11.8 Å². The van der Waals surface area contributed by atoms with Crippen molar-refractivity contribution in [1.82, 2.24) is 5.48 Å². The molecule has 1 aliphatic rings. The van der Waals surface area contributed by atoms with Crippen molar-refractivity contribution in [3.05, 3.63) is 101 Å². The molecular weight excluding hydrogens is 487 g/mol. The molecule has 0 spiro atoms. The summed E-state index contributed by atoms with van der Waals surface area (Å²) in [5.74, 6) is 0. The number of thioether (sulfide) groups is 1. The molecule has 2 nitrogen and oxygen atoms in total. The van der Waals surface area contributed by atoms with Gasteiger partial charge in [-0.2, -0.15) is 0 Å². The van der Waals surface area contributed by atoms with Crippen molar-refractivity contribution in [2.75, 3.05) is 0 Å². The van der Waals surface area contributed by atoms with Crippen LogP contribution < -0.4 is 15.9 Å². The Morgan fingerprint density at radius 2 is 1.35 bits per heavy atom. The second-order valence-corrected chi connectivity index (χ2v) is 17.8. The SMILES string of the molecule is C/C(Sc1ccc(C(C)(C)C)cc1)=C1/CCCC1NO[Si](c1ccccc1)(c1ccccc1)C(C)(C)C. The summed E-state index contributed by atoms with van der Waals surface area (Å²) in [7, 11) is -2.62. The number of nitrogens with one attached hydrogen (secondary N) is 1. The molecule has 3 aromatic carbocycles. The van der Waals surface area contributed by atoms with Crippen LogP contribution in [0.1, 0.15) is 73.3 Å². The Kier molecular flexibility index (Phi) is 8.54. The minimum absolute atomic E-state index is 0.0518. The van der Waals surface area contributed by atoms with E-state index in [0.29, 0.717) is 0 Å². The average Bonchev–Trinajstić information content (AvgIpc) is 3.34. The van der Waals surface area contributed by atoms with Crippen molar-refractivity contribution in [3.8, 4) is 0 Å². The van der Waals surface area contributed by atoms with Crippen molar-refractivity contribution >= 4 is 30.5 Å². The highest BCUT2D eigenvalue weighted by Gasteiger charge is 2.51. The monoisotopic (exact) mass is 529 g/mol. The molecule has 0 aliphatic heterocycles. The molecule has 1 unspecified atom stereocenters. The van der Waals surface area contributed by atoms with Gasteiger partial charge >= 0.3 is 0 Å². The van der Waals surface area contributed by atoms with Gasteiger partial charge in [-0.3, -0.25) is 0 Å². The summed E-state index contributed by atoms with van der Waals surface area (Å²) in [6.45, 7) is 16.1. The van der Waals surface area contributed by atoms with Crippen molar-refractivity contribution in [1.29, 1.82) is 0 Å². The highest BCUT2D eigenvalue weighted by atomic mass is 32.2. The minimum atomic E-state index is -2.62. The van der Waals surface area contributed by atoms with Gasteiger partial charge in [-0.05, 0) is 75.2 Å². The average molecular weight is 530 g/mol. The van der Waals surface area contributed by atoms with E-state index in [9.17, 15) is 0 Å². The Hall–Kier alpha value is -2.11. The van der Waals surface area contributed by atoms with Crippen LogP contribution in [0.15, 0.2) is 100 Å². The van der Waals surface area contributed by atoms with Gasteiger partial charge in [0, 0.05) is 4.90 Å². The Bertz CT molecular complexity index is 1150. The molecule has 4 rings (SSSR count). The van der Waals surface area contributed by atoms with Crippen LogP contribution in [0, 0.1) is 0 Å². The van der Waals surface area contributed by atoms with E-state index in [1.54, 1.807) is 0 Å². The van der Waals surface area contributed by atoms with Crippen LogP contribution in [-0.4, -0.2) is 14.4 Å². The summed E-state index contributed by atoms with van der Waals surface area (Å²) in [6, 6.07) is 31.1. The van der Waals surface area contributed by atoms with Crippen LogP contribution in [-0.2, 0) is 9.94 Å². The van der Waals surface area contributed by atoms with Crippen molar-refractivity contribution in [2.45, 2.75) is 89.1 Å². The summed E-state index contributed by atoms with van der Waals surface area (Å²) in [5.41, 5.74) is 6.70. The molecule has 1 fully saturated rings. The number of benzene rings is 3. The third-order valence-corrected chi connectivity index (χ3v) is 13.5. The van der Waals surface area contributed by atoms with Crippen LogP contribution in [0.2, 0.25) is 5.04 Å². The standard InChI is InChI=1S/C33H43NOSSi/c1-25(36-27-23-21-26(22-24-27)32(2,3)4)30-19-14-20-31(30)34-35-37(33(5,6)7,28-15-10-8-11-16-28)29-17-12-9-13-18-29/h8-13,15-18,21-24,31,34H,14,19-20H2,1-7H3/b30-25+. The molecule has 196 valence electrons. The van der Waals surface area contributed by atoms with Gasteiger partial charge in [0.15, 0.2) is 0 Å². The zero-order valence-electron chi connectivity index (χ0n) is 23.6. The summed E-state index contributed by atoms with van der Waals surface area (Å²) >= 11 is 1.89. The molecule has 0 radical (unpaired) electrons. The van der Waals surface area contributed by atoms with Crippen LogP contribution in [0.4, 0.5) is 0 Å². The largest absolute Gasteiger partial charge is 0.333 e. The lowest BCUT2D eigenvalue weighted by Gasteiger charge is -2.43. The van der Waals surface area contributed by atoms with E-state index in [-0.39, 0.29) is 16.5 Å². The maximum Gasteiger partial charge on any atom is 0.287 e. The summed E-state index contributed by atoms with van der Waals surface area (Å²) < 4.78 is 7.08. The van der Waals surface area contributed by atoms with Crippen molar-refractivity contribution in [2.24, 2.45) is 0 Å². The molecule has 1 N–H and O–H groups in total. The predicted octanol–water partition coefficient (Wildman–Crippen LogP) is 7.98. The zero-order chi connectivity index (χ0) is 26.7.